The molecular weight excluding hydrogens is 230 g/mol. The first kappa shape index (κ1) is 11.3. The van der Waals surface area contributed by atoms with Crippen LogP contribution in [0.4, 0.5) is 0 Å². The lowest BCUT2D eigenvalue weighted by Gasteiger charge is -2.07. The second-order valence-electron chi connectivity index (χ2n) is 3.54. The number of rotatable bonds is 3. The fourth-order valence-corrected chi connectivity index (χ4v) is 2.62. The first-order chi connectivity index (χ1) is 7.70. The molecule has 0 amide bonds. The Morgan fingerprint density at radius 2 is 2.50 bits per heavy atom. The average Bonchev–Trinajstić information content (AvgIpc) is 2.89. The quantitative estimate of drug-likeness (QED) is 0.696. The molecule has 1 aromatic rings. The highest BCUT2D eigenvalue weighted by molar-refractivity contribution is 7.99. The van der Waals surface area contributed by atoms with E-state index in [0.29, 0.717) is 5.25 Å². The number of hydrogen-bond donors (Lipinski definition) is 1. The first-order valence-corrected chi connectivity index (χ1v) is 5.79. The van der Waals surface area contributed by atoms with Crippen molar-refractivity contribution in [1.29, 1.82) is 0 Å². The van der Waals surface area contributed by atoms with Crippen molar-refractivity contribution in [3.63, 3.8) is 0 Å². The van der Waals surface area contributed by atoms with E-state index >= 15 is 0 Å². The standard InChI is InChI=1S/C8H13N5O2S/c1-13-8(10-11-12-13)16-5-3-6(9-4-5)7(14)15-2/h5-6,9H,3-4H2,1-2H3/t5-,6+/m0/s1. The lowest BCUT2D eigenvalue weighted by Crippen LogP contribution is -2.31. The Balaban J connectivity index is 1.90. The monoisotopic (exact) mass is 243 g/mol. The molecule has 1 aliphatic heterocycles. The Hall–Kier alpha value is -1.15. The zero-order valence-corrected chi connectivity index (χ0v) is 9.90. The van der Waals surface area contributed by atoms with Gasteiger partial charge in [-0.3, -0.25) is 4.79 Å². The van der Waals surface area contributed by atoms with Gasteiger partial charge >= 0.3 is 5.97 Å². The molecule has 88 valence electrons. The van der Waals surface area contributed by atoms with E-state index in [1.807, 2.05) is 0 Å². The minimum absolute atomic E-state index is 0.205. The minimum Gasteiger partial charge on any atom is -0.468 e. The summed E-state index contributed by atoms with van der Waals surface area (Å²) in [6.07, 6.45) is 0.740. The zero-order chi connectivity index (χ0) is 11.5. The van der Waals surface area contributed by atoms with Crippen LogP contribution in [0, 0.1) is 0 Å². The van der Waals surface area contributed by atoms with E-state index in [4.69, 9.17) is 0 Å². The lowest BCUT2D eigenvalue weighted by molar-refractivity contribution is -0.142. The highest BCUT2D eigenvalue weighted by atomic mass is 32.2. The molecule has 1 aliphatic rings. The molecule has 1 aromatic heterocycles. The van der Waals surface area contributed by atoms with E-state index in [1.165, 1.54) is 7.11 Å². The Bertz CT molecular complexity index is 382. The van der Waals surface area contributed by atoms with Crippen LogP contribution in [0.1, 0.15) is 6.42 Å². The maximum atomic E-state index is 11.3. The second kappa shape index (κ2) is 4.79. The Morgan fingerprint density at radius 3 is 3.12 bits per heavy atom. The fraction of sp³-hybridized carbons (Fsp3) is 0.750. The normalized spacial score (nSPS) is 24.6. The summed E-state index contributed by atoms with van der Waals surface area (Å²) in [5, 5.41) is 15.4. The smallest absolute Gasteiger partial charge is 0.322 e. The molecule has 16 heavy (non-hydrogen) atoms. The third-order valence-electron chi connectivity index (χ3n) is 2.43. The number of ether oxygens (including phenoxy) is 1. The maximum Gasteiger partial charge on any atom is 0.322 e. The van der Waals surface area contributed by atoms with Crippen LogP contribution in [0.2, 0.25) is 0 Å². The van der Waals surface area contributed by atoms with Crippen LogP contribution in [-0.2, 0) is 16.6 Å². The van der Waals surface area contributed by atoms with Crippen molar-refractivity contribution < 1.29 is 9.53 Å². The predicted molar refractivity (Wildman–Crippen MR) is 56.9 cm³/mol. The zero-order valence-electron chi connectivity index (χ0n) is 9.08. The Morgan fingerprint density at radius 1 is 1.69 bits per heavy atom. The number of methoxy groups -OCH3 is 1. The van der Waals surface area contributed by atoms with Crippen molar-refractivity contribution in [2.45, 2.75) is 22.9 Å². The lowest BCUT2D eigenvalue weighted by atomic mass is 10.2. The van der Waals surface area contributed by atoms with Gasteiger partial charge in [-0.25, -0.2) is 4.68 Å². The Kier molecular flexibility index (Phi) is 3.39. The van der Waals surface area contributed by atoms with Crippen LogP contribution in [-0.4, -0.2) is 51.1 Å². The fourth-order valence-electron chi connectivity index (χ4n) is 1.59. The molecule has 0 unspecified atom stereocenters. The van der Waals surface area contributed by atoms with Crippen LogP contribution in [0.25, 0.3) is 0 Å². The molecule has 0 radical (unpaired) electrons. The van der Waals surface area contributed by atoms with E-state index in [9.17, 15) is 4.79 Å². The number of hydrogen-bond acceptors (Lipinski definition) is 7. The van der Waals surface area contributed by atoms with Crippen molar-refractivity contribution in [2.75, 3.05) is 13.7 Å². The van der Waals surface area contributed by atoms with Gasteiger partial charge < -0.3 is 10.1 Å². The van der Waals surface area contributed by atoms with E-state index in [0.717, 1.165) is 18.1 Å². The molecule has 8 heteroatoms. The van der Waals surface area contributed by atoms with E-state index in [1.54, 1.807) is 23.5 Å². The van der Waals surface area contributed by atoms with E-state index in [2.05, 4.69) is 25.6 Å². The molecule has 0 aromatic carbocycles. The molecule has 1 fully saturated rings. The number of carbonyl (C=O) groups is 1. The van der Waals surface area contributed by atoms with Gasteiger partial charge in [-0.15, -0.1) is 5.10 Å². The molecule has 2 heterocycles. The maximum absolute atomic E-state index is 11.3. The summed E-state index contributed by atoms with van der Waals surface area (Å²) in [6, 6.07) is -0.205. The number of aryl methyl sites for hydroxylation is 1. The number of nitrogens with one attached hydrogen (secondary N) is 1. The largest absolute Gasteiger partial charge is 0.468 e. The number of esters is 1. The van der Waals surface area contributed by atoms with Gasteiger partial charge in [0.05, 0.1) is 7.11 Å². The number of tetrazole rings is 1. The predicted octanol–water partition coefficient (Wildman–Crippen LogP) is -0.794. The molecular formula is C8H13N5O2S. The van der Waals surface area contributed by atoms with Crippen LogP contribution < -0.4 is 5.32 Å². The van der Waals surface area contributed by atoms with Gasteiger partial charge in [0.15, 0.2) is 0 Å². The summed E-state index contributed by atoms with van der Waals surface area (Å²) in [5.74, 6) is -0.209. The molecule has 2 atom stereocenters. The highest BCUT2D eigenvalue weighted by Gasteiger charge is 2.31. The average molecular weight is 243 g/mol. The van der Waals surface area contributed by atoms with Crippen molar-refractivity contribution in [3.05, 3.63) is 0 Å². The van der Waals surface area contributed by atoms with Crippen molar-refractivity contribution >= 4 is 17.7 Å². The van der Waals surface area contributed by atoms with Gasteiger partial charge in [0.25, 0.3) is 0 Å². The van der Waals surface area contributed by atoms with Crippen molar-refractivity contribution in [3.8, 4) is 0 Å². The number of carbonyl (C=O) groups excluding carboxylic acids is 1. The molecule has 1 N–H and O–H groups in total. The molecule has 2 rings (SSSR count). The molecule has 7 nitrogen and oxygen atoms in total. The molecule has 1 saturated heterocycles. The van der Waals surface area contributed by atoms with Gasteiger partial charge in [-0.05, 0) is 16.8 Å². The van der Waals surface area contributed by atoms with E-state index in [-0.39, 0.29) is 12.0 Å². The SMILES string of the molecule is COC(=O)[C@H]1C[C@H](Sc2nnnn2C)CN1. The van der Waals surface area contributed by atoms with E-state index < -0.39 is 0 Å². The Labute approximate surface area is 96.9 Å². The van der Waals surface area contributed by atoms with Crippen molar-refractivity contribution in [1.82, 2.24) is 25.5 Å². The van der Waals surface area contributed by atoms with Gasteiger partial charge in [0.2, 0.25) is 5.16 Å². The van der Waals surface area contributed by atoms with Crippen LogP contribution in [0.15, 0.2) is 5.16 Å². The third kappa shape index (κ3) is 2.33. The van der Waals surface area contributed by atoms with Crippen LogP contribution in [0.5, 0.6) is 0 Å². The topological polar surface area (TPSA) is 81.9 Å². The summed E-state index contributed by atoms with van der Waals surface area (Å²) in [6.45, 7) is 0.761. The van der Waals surface area contributed by atoms with Gasteiger partial charge in [-0.2, -0.15) is 0 Å². The molecule has 0 saturated carbocycles. The van der Waals surface area contributed by atoms with Gasteiger partial charge in [-0.1, -0.05) is 11.8 Å². The number of aromatic nitrogens is 4. The van der Waals surface area contributed by atoms with Gasteiger partial charge in [0, 0.05) is 18.8 Å². The summed E-state index contributed by atoms with van der Waals surface area (Å²) in [4.78, 5) is 11.3. The number of thioether (sulfide) groups is 1. The van der Waals surface area contributed by atoms with Crippen LogP contribution >= 0.6 is 11.8 Å². The summed E-state index contributed by atoms with van der Waals surface area (Å²) >= 11 is 1.57. The van der Waals surface area contributed by atoms with Gasteiger partial charge in [0.1, 0.15) is 6.04 Å². The highest BCUT2D eigenvalue weighted by Crippen LogP contribution is 2.26. The summed E-state index contributed by atoms with van der Waals surface area (Å²) in [7, 11) is 3.19. The minimum atomic E-state index is -0.209. The third-order valence-corrected chi connectivity index (χ3v) is 3.68. The van der Waals surface area contributed by atoms with Crippen molar-refractivity contribution in [2.24, 2.45) is 7.05 Å². The second-order valence-corrected chi connectivity index (χ2v) is 4.81. The number of nitrogens with zero attached hydrogens (tertiary/aromatic N) is 4. The summed E-state index contributed by atoms with van der Waals surface area (Å²) < 4.78 is 6.31. The molecule has 0 spiro atoms. The van der Waals surface area contributed by atoms with Crippen LogP contribution in [0.3, 0.4) is 0 Å². The molecule has 0 bridgehead atoms. The first-order valence-electron chi connectivity index (χ1n) is 4.91. The molecule has 0 aliphatic carbocycles. The summed E-state index contributed by atoms with van der Waals surface area (Å²) in [5.41, 5.74) is 0.